The van der Waals surface area contributed by atoms with Crippen molar-refractivity contribution in [2.45, 2.75) is 84.5 Å². The van der Waals surface area contributed by atoms with Crippen molar-refractivity contribution in [3.05, 3.63) is 58.1 Å². The Bertz CT molecular complexity index is 1300. The summed E-state index contributed by atoms with van der Waals surface area (Å²) in [6, 6.07) is 7.26. The summed E-state index contributed by atoms with van der Waals surface area (Å²) in [7, 11) is 0. The average Bonchev–Trinajstić information content (AvgIpc) is 3.58. The first-order chi connectivity index (χ1) is 19.1. The zero-order chi connectivity index (χ0) is 30.6. The quantitative estimate of drug-likeness (QED) is 0.316. The number of nitrogens with zero attached hydrogens (tertiary/aromatic N) is 1. The normalized spacial score (nSPS) is 17.6. The van der Waals surface area contributed by atoms with Crippen molar-refractivity contribution in [2.24, 2.45) is 11.7 Å². The Kier molecular flexibility index (Phi) is 9.91. The number of anilines is 1. The van der Waals surface area contributed by atoms with E-state index in [0.29, 0.717) is 28.3 Å². The van der Waals surface area contributed by atoms with Gasteiger partial charge < -0.3 is 31.1 Å². The van der Waals surface area contributed by atoms with Crippen LogP contribution in [0.2, 0.25) is 5.02 Å². The lowest BCUT2D eigenvalue weighted by Gasteiger charge is -2.35. The topological polar surface area (TPSA) is 151 Å². The molecule has 11 heteroatoms. The molecule has 4 unspecified atom stereocenters. The maximum Gasteiger partial charge on any atom is 0.408 e. The van der Waals surface area contributed by atoms with Gasteiger partial charge in [-0.15, -0.1) is 0 Å². The van der Waals surface area contributed by atoms with Gasteiger partial charge in [-0.25, -0.2) is 4.79 Å². The SMILES string of the molecule is Cc1cccc(C(C(=O)Nc2c(C)cccc2Cl)N(C(=O)C(CCC(N)=O)NC(=O)OC(C)(C)C)C2CC2C)c1O. The molecule has 2 aromatic carbocycles. The lowest BCUT2D eigenvalue weighted by Crippen LogP contribution is -2.53. The number of primary amides is 1. The van der Waals surface area contributed by atoms with Crippen LogP contribution in [0.25, 0.3) is 0 Å². The molecular weight excluding hydrogens is 548 g/mol. The number of halogens is 1. The second kappa shape index (κ2) is 12.8. The molecule has 0 radical (unpaired) electrons. The zero-order valence-corrected chi connectivity index (χ0v) is 25.0. The standard InChI is InChI=1S/C30H39ClN4O6/c1-16-9-8-12-20(31)24(16)34-27(38)25(19-11-7-10-17(2)26(19)37)35(22-15-18(22)3)28(39)21(13-14-23(32)36)33-29(40)41-30(4,5)6/h7-12,18,21-22,25,37H,13-15H2,1-6H3,(H2,32,36)(H,33,40)(H,34,38). The van der Waals surface area contributed by atoms with Crippen LogP contribution < -0.4 is 16.4 Å². The van der Waals surface area contributed by atoms with Gasteiger partial charge >= 0.3 is 6.09 Å². The third-order valence-electron chi connectivity index (χ3n) is 6.91. The number of carbonyl (C=O) groups is 4. The summed E-state index contributed by atoms with van der Waals surface area (Å²) in [5.41, 5.74) is 6.36. The van der Waals surface area contributed by atoms with Gasteiger partial charge in [0.2, 0.25) is 11.8 Å². The lowest BCUT2D eigenvalue weighted by molar-refractivity contribution is -0.142. The Balaban J connectivity index is 2.10. The van der Waals surface area contributed by atoms with Crippen LogP contribution in [0.3, 0.4) is 0 Å². The first-order valence-electron chi connectivity index (χ1n) is 13.5. The van der Waals surface area contributed by atoms with E-state index in [1.807, 2.05) is 6.92 Å². The average molecular weight is 587 g/mol. The van der Waals surface area contributed by atoms with Crippen molar-refractivity contribution in [2.75, 3.05) is 5.32 Å². The lowest BCUT2D eigenvalue weighted by atomic mass is 9.98. The van der Waals surface area contributed by atoms with Crippen LogP contribution >= 0.6 is 11.6 Å². The molecule has 0 aromatic heterocycles. The minimum Gasteiger partial charge on any atom is -0.507 e. The highest BCUT2D eigenvalue weighted by Gasteiger charge is 2.49. The van der Waals surface area contributed by atoms with Crippen molar-refractivity contribution >= 4 is 41.1 Å². The fraction of sp³-hybridized carbons (Fsp3) is 0.467. The third-order valence-corrected chi connectivity index (χ3v) is 7.22. The van der Waals surface area contributed by atoms with E-state index in [1.54, 1.807) is 71.0 Å². The predicted molar refractivity (Wildman–Crippen MR) is 156 cm³/mol. The number of phenols is 1. The first kappa shape index (κ1) is 31.7. The molecule has 0 heterocycles. The smallest absolute Gasteiger partial charge is 0.408 e. The number of alkyl carbamates (subject to hydrolysis) is 1. The number of para-hydroxylation sites is 2. The van der Waals surface area contributed by atoms with Gasteiger partial charge in [-0.2, -0.15) is 0 Å². The van der Waals surface area contributed by atoms with E-state index in [4.69, 9.17) is 22.1 Å². The molecule has 1 fully saturated rings. The second-order valence-corrected chi connectivity index (χ2v) is 12.0. The number of carbonyl (C=O) groups excluding carboxylic acids is 4. The number of amides is 4. The van der Waals surface area contributed by atoms with Crippen molar-refractivity contribution in [1.29, 1.82) is 0 Å². The number of benzene rings is 2. The highest BCUT2D eigenvalue weighted by atomic mass is 35.5. The first-order valence-corrected chi connectivity index (χ1v) is 13.9. The Morgan fingerprint density at radius 3 is 2.29 bits per heavy atom. The Morgan fingerprint density at radius 1 is 1.12 bits per heavy atom. The highest BCUT2D eigenvalue weighted by Crippen LogP contribution is 2.43. The zero-order valence-electron chi connectivity index (χ0n) is 24.3. The van der Waals surface area contributed by atoms with Crippen LogP contribution in [0.1, 0.15) is 69.7 Å². The van der Waals surface area contributed by atoms with E-state index in [9.17, 15) is 24.3 Å². The van der Waals surface area contributed by atoms with Crippen LogP contribution in [0.15, 0.2) is 36.4 Å². The van der Waals surface area contributed by atoms with E-state index in [2.05, 4.69) is 10.6 Å². The molecule has 0 spiro atoms. The summed E-state index contributed by atoms with van der Waals surface area (Å²) in [4.78, 5) is 54.2. The molecule has 222 valence electrons. The van der Waals surface area contributed by atoms with E-state index in [1.165, 1.54) is 4.90 Å². The number of ether oxygens (including phenoxy) is 1. The highest BCUT2D eigenvalue weighted by molar-refractivity contribution is 6.34. The monoisotopic (exact) mass is 586 g/mol. The van der Waals surface area contributed by atoms with E-state index in [0.717, 1.165) is 0 Å². The molecule has 5 N–H and O–H groups in total. The van der Waals surface area contributed by atoms with E-state index in [-0.39, 0.29) is 36.1 Å². The van der Waals surface area contributed by atoms with Gasteiger partial charge in [-0.3, -0.25) is 14.4 Å². The molecule has 1 aliphatic rings. The third kappa shape index (κ3) is 8.13. The van der Waals surface area contributed by atoms with Crippen LogP contribution in [-0.2, 0) is 19.1 Å². The fourth-order valence-corrected chi connectivity index (χ4v) is 4.92. The van der Waals surface area contributed by atoms with E-state index < -0.39 is 41.5 Å². The molecular formula is C30H39ClN4O6. The van der Waals surface area contributed by atoms with Crippen molar-refractivity contribution in [3.63, 3.8) is 0 Å². The predicted octanol–water partition coefficient (Wildman–Crippen LogP) is 4.74. The summed E-state index contributed by atoms with van der Waals surface area (Å²) < 4.78 is 5.36. The van der Waals surface area contributed by atoms with E-state index >= 15 is 0 Å². The van der Waals surface area contributed by atoms with Crippen LogP contribution in [0, 0.1) is 19.8 Å². The Labute approximate surface area is 245 Å². The van der Waals surface area contributed by atoms with Crippen molar-refractivity contribution < 1.29 is 29.0 Å². The fourth-order valence-electron chi connectivity index (χ4n) is 4.65. The van der Waals surface area contributed by atoms with Crippen LogP contribution in [0.4, 0.5) is 10.5 Å². The van der Waals surface area contributed by atoms with Gasteiger partial charge in [0.1, 0.15) is 23.4 Å². The van der Waals surface area contributed by atoms with Crippen LogP contribution in [0.5, 0.6) is 5.75 Å². The van der Waals surface area contributed by atoms with Gasteiger partial charge in [-0.1, -0.05) is 48.9 Å². The van der Waals surface area contributed by atoms with Gasteiger partial charge in [0.25, 0.3) is 5.91 Å². The molecule has 3 rings (SSSR count). The van der Waals surface area contributed by atoms with Gasteiger partial charge in [0.15, 0.2) is 0 Å². The number of aromatic hydroxyl groups is 1. The largest absolute Gasteiger partial charge is 0.507 e. The molecule has 0 saturated heterocycles. The Morgan fingerprint density at radius 2 is 1.73 bits per heavy atom. The van der Waals surface area contributed by atoms with Gasteiger partial charge in [-0.05, 0) is 70.6 Å². The second-order valence-electron chi connectivity index (χ2n) is 11.6. The molecule has 10 nitrogen and oxygen atoms in total. The number of phenolic OH excluding ortho intramolecular Hbond substituents is 1. The molecule has 4 atom stereocenters. The summed E-state index contributed by atoms with van der Waals surface area (Å²) in [6.45, 7) is 10.5. The van der Waals surface area contributed by atoms with Crippen molar-refractivity contribution in [1.82, 2.24) is 10.2 Å². The molecule has 1 aliphatic carbocycles. The minimum atomic E-state index is -1.29. The summed E-state index contributed by atoms with van der Waals surface area (Å²) >= 11 is 6.40. The van der Waals surface area contributed by atoms with Crippen LogP contribution in [-0.4, -0.2) is 51.5 Å². The Hall–Kier alpha value is -3.79. The summed E-state index contributed by atoms with van der Waals surface area (Å²) in [5.74, 6) is -1.95. The maximum atomic E-state index is 14.3. The molecule has 1 saturated carbocycles. The molecule has 4 amide bonds. The number of aryl methyl sites for hydroxylation is 2. The number of nitrogens with one attached hydrogen (secondary N) is 2. The van der Waals surface area contributed by atoms with Gasteiger partial charge in [0.05, 0.1) is 10.7 Å². The molecule has 2 aromatic rings. The summed E-state index contributed by atoms with van der Waals surface area (Å²) in [6.07, 6.45) is -0.549. The number of hydrogen-bond donors (Lipinski definition) is 4. The maximum absolute atomic E-state index is 14.3. The number of rotatable bonds is 10. The number of hydrogen-bond acceptors (Lipinski definition) is 6. The molecule has 0 aliphatic heterocycles. The molecule has 0 bridgehead atoms. The number of nitrogens with two attached hydrogens (primary N) is 1. The summed E-state index contributed by atoms with van der Waals surface area (Å²) in [5, 5.41) is 16.8. The molecule has 41 heavy (non-hydrogen) atoms. The van der Waals surface area contributed by atoms with Gasteiger partial charge in [0, 0.05) is 18.0 Å². The van der Waals surface area contributed by atoms with Crippen molar-refractivity contribution in [3.8, 4) is 5.75 Å². The minimum absolute atomic E-state index is 0.0431.